The van der Waals surface area contributed by atoms with Gasteiger partial charge in [0.2, 0.25) is 0 Å². The summed E-state index contributed by atoms with van der Waals surface area (Å²) in [7, 11) is -3.91. The number of anilines is 1. The Morgan fingerprint density at radius 2 is 1.90 bits per heavy atom. The summed E-state index contributed by atoms with van der Waals surface area (Å²) >= 11 is 1.18. The van der Waals surface area contributed by atoms with Crippen LogP contribution in [0.25, 0.3) is 10.8 Å². The quantitative estimate of drug-likeness (QED) is 0.560. The SMILES string of the molecule is CC(=O)c1cccc(NS(=O)(=O)c2cc(-c3nnc(C(=O)N4CCCC4)o3)sc2C)c1. The third-order valence-electron chi connectivity index (χ3n) is 4.90. The molecule has 0 saturated carbocycles. The fourth-order valence-corrected chi connectivity index (χ4v) is 5.88. The molecule has 162 valence electrons. The molecule has 3 heterocycles. The molecule has 2 aromatic heterocycles. The number of benzene rings is 1. The summed E-state index contributed by atoms with van der Waals surface area (Å²) in [4.78, 5) is 26.7. The van der Waals surface area contributed by atoms with E-state index < -0.39 is 10.0 Å². The number of hydrogen-bond acceptors (Lipinski definition) is 8. The van der Waals surface area contributed by atoms with Crippen molar-refractivity contribution in [3.8, 4) is 10.8 Å². The second-order valence-electron chi connectivity index (χ2n) is 7.19. The fourth-order valence-electron chi connectivity index (χ4n) is 3.31. The number of rotatable bonds is 6. The van der Waals surface area contributed by atoms with E-state index in [1.807, 2.05) is 0 Å². The van der Waals surface area contributed by atoms with Gasteiger partial charge >= 0.3 is 11.8 Å². The van der Waals surface area contributed by atoms with Crippen LogP contribution >= 0.6 is 11.3 Å². The normalized spacial score (nSPS) is 14.1. The van der Waals surface area contributed by atoms with E-state index in [-0.39, 0.29) is 34.1 Å². The number of carbonyl (C=O) groups is 2. The van der Waals surface area contributed by atoms with Crippen LogP contribution in [0.3, 0.4) is 0 Å². The summed E-state index contributed by atoms with van der Waals surface area (Å²) in [5.41, 5.74) is 0.695. The van der Waals surface area contributed by atoms with E-state index in [0.29, 0.717) is 28.4 Å². The zero-order valence-corrected chi connectivity index (χ0v) is 18.5. The van der Waals surface area contributed by atoms with Crippen LogP contribution < -0.4 is 4.72 Å². The van der Waals surface area contributed by atoms with Gasteiger partial charge in [-0.1, -0.05) is 12.1 Å². The van der Waals surface area contributed by atoms with E-state index in [2.05, 4.69) is 14.9 Å². The van der Waals surface area contributed by atoms with Crippen molar-refractivity contribution in [3.63, 3.8) is 0 Å². The van der Waals surface area contributed by atoms with Gasteiger partial charge in [0.15, 0.2) is 5.78 Å². The molecular weight excluding hydrogens is 440 g/mol. The number of nitrogens with zero attached hydrogens (tertiary/aromatic N) is 3. The van der Waals surface area contributed by atoms with Gasteiger partial charge in [-0.3, -0.25) is 14.3 Å². The number of carbonyl (C=O) groups excluding carboxylic acids is 2. The van der Waals surface area contributed by atoms with Crippen molar-refractivity contribution in [1.82, 2.24) is 15.1 Å². The first kappa shape index (κ1) is 21.2. The first-order valence-corrected chi connectivity index (χ1v) is 11.9. The molecular formula is C20H20N4O5S2. The first-order valence-electron chi connectivity index (χ1n) is 9.62. The Morgan fingerprint density at radius 1 is 1.16 bits per heavy atom. The highest BCUT2D eigenvalue weighted by Crippen LogP contribution is 2.34. The second kappa shape index (κ2) is 8.23. The zero-order valence-electron chi connectivity index (χ0n) is 16.9. The van der Waals surface area contributed by atoms with Crippen molar-refractivity contribution in [3.05, 3.63) is 46.7 Å². The van der Waals surface area contributed by atoms with E-state index in [4.69, 9.17) is 4.42 Å². The Kier molecular flexibility index (Phi) is 5.63. The maximum Gasteiger partial charge on any atom is 0.311 e. The van der Waals surface area contributed by atoms with E-state index in [1.54, 1.807) is 30.0 Å². The van der Waals surface area contributed by atoms with Crippen LogP contribution in [0, 0.1) is 6.92 Å². The molecule has 0 bridgehead atoms. The third-order valence-corrected chi connectivity index (χ3v) is 7.57. The molecule has 1 fully saturated rings. The average molecular weight is 461 g/mol. The minimum atomic E-state index is -3.91. The Morgan fingerprint density at radius 3 is 2.61 bits per heavy atom. The van der Waals surface area contributed by atoms with Crippen molar-refractivity contribution in [1.29, 1.82) is 0 Å². The summed E-state index contributed by atoms with van der Waals surface area (Å²) in [6.07, 6.45) is 1.89. The highest BCUT2D eigenvalue weighted by Gasteiger charge is 2.27. The molecule has 9 nitrogen and oxygen atoms in total. The lowest BCUT2D eigenvalue weighted by molar-refractivity contribution is 0.0753. The maximum atomic E-state index is 12.9. The second-order valence-corrected chi connectivity index (χ2v) is 10.1. The molecule has 4 rings (SSSR count). The van der Waals surface area contributed by atoms with Gasteiger partial charge in [0.1, 0.15) is 4.90 Å². The molecule has 1 amide bonds. The summed E-state index contributed by atoms with van der Waals surface area (Å²) in [5.74, 6) is -0.489. The lowest BCUT2D eigenvalue weighted by Crippen LogP contribution is -2.27. The van der Waals surface area contributed by atoms with E-state index in [0.717, 1.165) is 12.8 Å². The van der Waals surface area contributed by atoms with Gasteiger partial charge in [0, 0.05) is 29.2 Å². The highest BCUT2D eigenvalue weighted by atomic mass is 32.2. The molecule has 0 aliphatic carbocycles. The molecule has 31 heavy (non-hydrogen) atoms. The molecule has 1 aliphatic rings. The van der Waals surface area contributed by atoms with E-state index in [9.17, 15) is 18.0 Å². The number of thiophene rings is 1. The van der Waals surface area contributed by atoms with Gasteiger partial charge in [-0.2, -0.15) is 0 Å². The number of nitrogens with one attached hydrogen (secondary N) is 1. The number of ketones is 1. The molecule has 1 saturated heterocycles. The van der Waals surface area contributed by atoms with Crippen molar-refractivity contribution in [2.75, 3.05) is 17.8 Å². The number of aromatic nitrogens is 2. The molecule has 1 N–H and O–H groups in total. The lowest BCUT2D eigenvalue weighted by atomic mass is 10.1. The molecule has 1 aliphatic heterocycles. The van der Waals surface area contributed by atoms with Crippen LogP contribution in [-0.2, 0) is 10.0 Å². The largest absolute Gasteiger partial charge is 0.411 e. The van der Waals surface area contributed by atoms with Gasteiger partial charge in [0.05, 0.1) is 4.88 Å². The molecule has 0 radical (unpaired) electrons. The average Bonchev–Trinajstić information content (AvgIpc) is 3.47. The number of aryl methyl sites for hydroxylation is 1. The monoisotopic (exact) mass is 460 g/mol. The first-order chi connectivity index (χ1) is 14.7. The van der Waals surface area contributed by atoms with E-state index >= 15 is 0 Å². The lowest BCUT2D eigenvalue weighted by Gasteiger charge is -2.11. The number of likely N-dealkylation sites (tertiary alicyclic amines) is 1. The van der Waals surface area contributed by atoms with Gasteiger partial charge in [0.25, 0.3) is 15.9 Å². The predicted molar refractivity (Wildman–Crippen MR) is 115 cm³/mol. The van der Waals surface area contributed by atoms with Crippen LogP contribution in [0.1, 0.15) is 45.7 Å². The molecule has 0 spiro atoms. The predicted octanol–water partition coefficient (Wildman–Crippen LogP) is 3.35. The summed E-state index contributed by atoms with van der Waals surface area (Å²) in [5, 5.41) is 7.76. The topological polar surface area (TPSA) is 122 Å². The number of sulfonamides is 1. The highest BCUT2D eigenvalue weighted by molar-refractivity contribution is 7.93. The summed E-state index contributed by atoms with van der Waals surface area (Å²) < 4.78 is 33.9. The Hall–Kier alpha value is -3.05. The van der Waals surface area contributed by atoms with Crippen LogP contribution in [0.2, 0.25) is 0 Å². The van der Waals surface area contributed by atoms with Crippen molar-refractivity contribution in [2.24, 2.45) is 0 Å². The molecule has 11 heteroatoms. The van der Waals surface area contributed by atoms with Crippen molar-refractivity contribution in [2.45, 2.75) is 31.6 Å². The molecule has 0 atom stereocenters. The Labute approximate surface area is 183 Å². The van der Waals surface area contributed by atoms with Crippen molar-refractivity contribution < 1.29 is 22.4 Å². The number of amides is 1. The van der Waals surface area contributed by atoms with Crippen LogP contribution in [0.15, 0.2) is 39.6 Å². The van der Waals surface area contributed by atoms with Gasteiger partial charge < -0.3 is 9.32 Å². The summed E-state index contributed by atoms with van der Waals surface area (Å²) in [6.45, 7) is 4.40. The summed E-state index contributed by atoms with van der Waals surface area (Å²) in [6, 6.07) is 7.72. The maximum absolute atomic E-state index is 12.9. The standard InChI is InChI=1S/C20H20N4O5S2/c1-12(25)14-6-5-7-15(10-14)23-31(27,28)17-11-16(30-13(17)2)18-21-22-19(29-18)20(26)24-8-3-4-9-24/h5-7,10-11,23H,3-4,8-9H2,1-2H3. The molecule has 3 aromatic rings. The molecule has 1 aromatic carbocycles. The fraction of sp³-hybridized carbons (Fsp3) is 0.300. The molecule has 0 unspecified atom stereocenters. The Bertz CT molecular complexity index is 1260. The number of hydrogen-bond donors (Lipinski definition) is 1. The van der Waals surface area contributed by atoms with Gasteiger partial charge in [-0.05, 0) is 44.9 Å². The van der Waals surface area contributed by atoms with Crippen LogP contribution in [-0.4, -0.2) is 48.3 Å². The van der Waals surface area contributed by atoms with Crippen LogP contribution in [0.4, 0.5) is 5.69 Å². The third kappa shape index (κ3) is 4.37. The smallest absolute Gasteiger partial charge is 0.311 e. The van der Waals surface area contributed by atoms with Crippen LogP contribution in [0.5, 0.6) is 0 Å². The minimum Gasteiger partial charge on any atom is -0.411 e. The number of Topliss-reactive ketones (excluding diaryl/α,β-unsaturated/α-hetero) is 1. The minimum absolute atomic E-state index is 0.0614. The Balaban J connectivity index is 1.58. The zero-order chi connectivity index (χ0) is 22.2. The van der Waals surface area contributed by atoms with E-state index in [1.165, 1.54) is 30.4 Å². The van der Waals surface area contributed by atoms with Gasteiger partial charge in [-0.15, -0.1) is 21.5 Å². The van der Waals surface area contributed by atoms with Gasteiger partial charge in [-0.25, -0.2) is 8.42 Å². The van der Waals surface area contributed by atoms with Crippen molar-refractivity contribution >= 4 is 38.7 Å².